The van der Waals surface area contributed by atoms with E-state index in [0.29, 0.717) is 24.5 Å². The first kappa shape index (κ1) is 18.9. The van der Waals surface area contributed by atoms with Crippen molar-refractivity contribution in [3.05, 3.63) is 70.9 Å². The Kier molecular flexibility index (Phi) is 4.58. The highest BCUT2D eigenvalue weighted by atomic mass is 32.1. The van der Waals surface area contributed by atoms with Crippen molar-refractivity contribution >= 4 is 28.8 Å². The maximum atomic E-state index is 14.2. The molecule has 2 aliphatic heterocycles. The fraction of sp³-hybridized carbons (Fsp3) is 0.227. The molecule has 4 heterocycles. The van der Waals surface area contributed by atoms with Crippen molar-refractivity contribution in [1.29, 1.82) is 0 Å². The molecule has 5 rings (SSSR count). The molecule has 1 amide bonds. The Morgan fingerprint density at radius 1 is 1.20 bits per heavy atom. The van der Waals surface area contributed by atoms with Gasteiger partial charge in [0.05, 0.1) is 11.5 Å². The van der Waals surface area contributed by atoms with Crippen LogP contribution in [-0.4, -0.2) is 28.5 Å². The summed E-state index contributed by atoms with van der Waals surface area (Å²) in [7, 11) is 0. The zero-order valence-corrected chi connectivity index (χ0v) is 16.9. The van der Waals surface area contributed by atoms with Crippen LogP contribution in [-0.2, 0) is 4.79 Å². The van der Waals surface area contributed by atoms with Crippen molar-refractivity contribution < 1.29 is 13.6 Å². The van der Waals surface area contributed by atoms with E-state index in [-0.39, 0.29) is 17.5 Å². The first-order valence-electron chi connectivity index (χ1n) is 9.65. The van der Waals surface area contributed by atoms with E-state index >= 15 is 0 Å². The number of carbonyl (C=O) groups excluding carboxylic acids is 1. The lowest BCUT2D eigenvalue weighted by atomic mass is 9.93. The van der Waals surface area contributed by atoms with Crippen LogP contribution in [0.15, 0.2) is 48.8 Å². The van der Waals surface area contributed by atoms with E-state index in [4.69, 9.17) is 4.98 Å². The first-order valence-corrected chi connectivity index (χ1v) is 10.5. The van der Waals surface area contributed by atoms with Crippen LogP contribution in [0.3, 0.4) is 0 Å². The zero-order valence-electron chi connectivity index (χ0n) is 16.1. The van der Waals surface area contributed by atoms with Crippen molar-refractivity contribution in [1.82, 2.24) is 15.3 Å². The van der Waals surface area contributed by atoms with Gasteiger partial charge in [-0.15, -0.1) is 11.3 Å². The van der Waals surface area contributed by atoms with E-state index < -0.39 is 17.6 Å². The van der Waals surface area contributed by atoms with Crippen LogP contribution in [0.1, 0.15) is 16.9 Å². The Labute approximate surface area is 176 Å². The Hall–Kier alpha value is -3.13. The fourth-order valence-electron chi connectivity index (χ4n) is 4.06. The van der Waals surface area contributed by atoms with Gasteiger partial charge in [-0.05, 0) is 43.7 Å². The molecular formula is C22H18F2N4OS. The summed E-state index contributed by atoms with van der Waals surface area (Å²) in [6, 6.07) is 7.36. The second kappa shape index (κ2) is 7.28. The number of amides is 1. The molecule has 152 valence electrons. The molecule has 1 fully saturated rings. The van der Waals surface area contributed by atoms with Gasteiger partial charge in [0.25, 0.3) is 0 Å². The molecule has 0 saturated carbocycles. The van der Waals surface area contributed by atoms with Crippen LogP contribution in [0.2, 0.25) is 0 Å². The van der Waals surface area contributed by atoms with Crippen molar-refractivity contribution in [3.63, 3.8) is 0 Å². The number of carbonyl (C=O) groups is 1. The van der Waals surface area contributed by atoms with Gasteiger partial charge in [0.15, 0.2) is 0 Å². The average Bonchev–Trinajstić information content (AvgIpc) is 3.33. The van der Waals surface area contributed by atoms with Crippen LogP contribution in [0.25, 0.3) is 16.3 Å². The van der Waals surface area contributed by atoms with Crippen molar-refractivity contribution in [3.8, 4) is 10.6 Å². The average molecular weight is 424 g/mol. The van der Waals surface area contributed by atoms with Crippen LogP contribution in [0, 0.1) is 24.5 Å². The summed E-state index contributed by atoms with van der Waals surface area (Å²) in [4.78, 5) is 24.7. The van der Waals surface area contributed by atoms with Gasteiger partial charge >= 0.3 is 0 Å². The summed E-state index contributed by atoms with van der Waals surface area (Å²) >= 11 is 1.51. The summed E-state index contributed by atoms with van der Waals surface area (Å²) in [5.74, 6) is -1.25. The van der Waals surface area contributed by atoms with Gasteiger partial charge in [0, 0.05) is 41.1 Å². The molecule has 2 atom stereocenters. The second-order valence-electron chi connectivity index (χ2n) is 7.37. The van der Waals surface area contributed by atoms with E-state index in [2.05, 4.69) is 10.3 Å². The number of fused-ring (bicyclic) bond motifs is 1. The molecule has 2 aromatic heterocycles. The molecule has 8 heteroatoms. The van der Waals surface area contributed by atoms with E-state index in [1.165, 1.54) is 29.5 Å². The highest BCUT2D eigenvalue weighted by Crippen LogP contribution is 2.37. The molecular weight excluding hydrogens is 406 g/mol. The van der Waals surface area contributed by atoms with Gasteiger partial charge in [-0.3, -0.25) is 14.7 Å². The minimum Gasteiger partial charge on any atom is -0.381 e. The van der Waals surface area contributed by atoms with E-state index in [0.717, 1.165) is 15.4 Å². The molecule has 30 heavy (non-hydrogen) atoms. The molecule has 0 spiro atoms. The SMILES string of the molecule is Cc1sc(-c2cccnc2)nc1N1CCC2NC(c3c(F)cccc3F)=CC2C1=O. The van der Waals surface area contributed by atoms with Crippen molar-refractivity contribution in [2.45, 2.75) is 19.4 Å². The Morgan fingerprint density at radius 2 is 2.00 bits per heavy atom. The first-order chi connectivity index (χ1) is 14.5. The number of benzene rings is 1. The zero-order chi connectivity index (χ0) is 20.8. The Balaban J connectivity index is 1.45. The fourth-order valence-corrected chi connectivity index (χ4v) is 4.97. The number of hydrogen-bond acceptors (Lipinski definition) is 5. The predicted molar refractivity (Wildman–Crippen MR) is 112 cm³/mol. The lowest BCUT2D eigenvalue weighted by molar-refractivity contribution is -0.122. The normalized spacial score (nSPS) is 20.7. The van der Waals surface area contributed by atoms with Gasteiger partial charge in [0.1, 0.15) is 22.5 Å². The minimum absolute atomic E-state index is 0.114. The van der Waals surface area contributed by atoms with E-state index in [1.807, 2.05) is 19.1 Å². The van der Waals surface area contributed by atoms with Gasteiger partial charge in [0.2, 0.25) is 5.91 Å². The molecule has 5 nitrogen and oxygen atoms in total. The standard InChI is InChI=1S/C22H18F2N4OS/c1-12-20(27-21(30-12)13-4-3-8-25-11-13)28-9-7-17-14(22(28)29)10-18(26-17)19-15(23)5-2-6-16(19)24/h2-6,8,10-11,14,17,26H,7,9H2,1H3. The number of aromatic nitrogens is 2. The summed E-state index contributed by atoms with van der Waals surface area (Å²) in [6.45, 7) is 2.43. The number of halogens is 2. The topological polar surface area (TPSA) is 58.1 Å². The van der Waals surface area contributed by atoms with Gasteiger partial charge in [-0.2, -0.15) is 0 Å². The molecule has 3 aromatic rings. The van der Waals surface area contributed by atoms with Crippen molar-refractivity contribution in [2.24, 2.45) is 5.92 Å². The number of hydrogen-bond donors (Lipinski definition) is 1. The smallest absolute Gasteiger partial charge is 0.237 e. The van der Waals surface area contributed by atoms with Crippen LogP contribution < -0.4 is 10.2 Å². The number of thiazole rings is 1. The maximum Gasteiger partial charge on any atom is 0.237 e. The second-order valence-corrected chi connectivity index (χ2v) is 8.58. The number of rotatable bonds is 3. The van der Waals surface area contributed by atoms with E-state index in [1.54, 1.807) is 23.4 Å². The summed E-state index contributed by atoms with van der Waals surface area (Å²) in [5, 5.41) is 3.95. The molecule has 0 aliphatic carbocycles. The number of anilines is 1. The molecule has 1 N–H and O–H groups in total. The monoisotopic (exact) mass is 424 g/mol. The molecule has 1 saturated heterocycles. The summed E-state index contributed by atoms with van der Waals surface area (Å²) in [6.07, 6.45) is 5.75. The molecule has 1 aromatic carbocycles. The number of aryl methyl sites for hydroxylation is 1. The number of nitrogens with one attached hydrogen (secondary N) is 1. The Morgan fingerprint density at radius 3 is 2.73 bits per heavy atom. The van der Waals surface area contributed by atoms with Crippen LogP contribution in [0.4, 0.5) is 14.6 Å². The van der Waals surface area contributed by atoms with Crippen LogP contribution in [0.5, 0.6) is 0 Å². The predicted octanol–water partition coefficient (Wildman–Crippen LogP) is 4.16. The highest BCUT2D eigenvalue weighted by molar-refractivity contribution is 7.15. The van der Waals surface area contributed by atoms with Crippen molar-refractivity contribution in [2.75, 3.05) is 11.4 Å². The Bertz CT molecular complexity index is 1140. The molecule has 0 bridgehead atoms. The van der Waals surface area contributed by atoms with Gasteiger partial charge in [-0.1, -0.05) is 6.07 Å². The molecule has 0 radical (unpaired) electrons. The highest BCUT2D eigenvalue weighted by Gasteiger charge is 2.41. The quantitative estimate of drug-likeness (QED) is 0.686. The van der Waals surface area contributed by atoms with Gasteiger partial charge < -0.3 is 5.32 Å². The van der Waals surface area contributed by atoms with E-state index in [9.17, 15) is 13.6 Å². The molecule has 2 unspecified atom stereocenters. The maximum absolute atomic E-state index is 14.2. The molecule has 2 aliphatic rings. The third-order valence-corrected chi connectivity index (χ3v) is 6.51. The third-order valence-electron chi connectivity index (χ3n) is 5.50. The largest absolute Gasteiger partial charge is 0.381 e. The number of pyridine rings is 1. The third kappa shape index (κ3) is 3.08. The lowest BCUT2D eigenvalue weighted by Gasteiger charge is -2.33. The summed E-state index contributed by atoms with van der Waals surface area (Å²) < 4.78 is 28.4. The van der Waals surface area contributed by atoms with Gasteiger partial charge in [-0.25, -0.2) is 13.8 Å². The summed E-state index contributed by atoms with van der Waals surface area (Å²) in [5.41, 5.74) is 1.12. The number of piperidine rings is 1. The number of nitrogens with zero attached hydrogens (tertiary/aromatic N) is 3. The minimum atomic E-state index is -0.645. The van der Waals surface area contributed by atoms with Crippen LogP contribution >= 0.6 is 11.3 Å². The lowest BCUT2D eigenvalue weighted by Crippen LogP contribution is -2.49.